The fourth-order valence-corrected chi connectivity index (χ4v) is 3.21. The van der Waals surface area contributed by atoms with Gasteiger partial charge in [0.15, 0.2) is 5.82 Å². The highest BCUT2D eigenvalue weighted by Gasteiger charge is 2.13. The van der Waals surface area contributed by atoms with Crippen molar-refractivity contribution in [1.82, 2.24) is 19.7 Å². The third-order valence-corrected chi connectivity index (χ3v) is 4.58. The molecule has 0 spiro atoms. The van der Waals surface area contributed by atoms with Crippen LogP contribution in [-0.4, -0.2) is 31.0 Å². The zero-order valence-corrected chi connectivity index (χ0v) is 16.1. The van der Waals surface area contributed by atoms with E-state index in [1.165, 1.54) is 5.01 Å². The SMILES string of the molecule is CC(O)Cn1cc(-c2ccc(N)c(N(N)Cc3ccc4ncccc4c3)n2)cn1. The Morgan fingerprint density at radius 1 is 1.21 bits per heavy atom. The summed E-state index contributed by atoms with van der Waals surface area (Å²) in [6, 6.07) is 13.6. The van der Waals surface area contributed by atoms with Gasteiger partial charge in [0, 0.05) is 23.3 Å². The van der Waals surface area contributed by atoms with Crippen molar-refractivity contribution in [1.29, 1.82) is 0 Å². The van der Waals surface area contributed by atoms with Gasteiger partial charge in [0.2, 0.25) is 0 Å². The molecule has 3 aromatic heterocycles. The van der Waals surface area contributed by atoms with Crippen LogP contribution >= 0.6 is 0 Å². The second-order valence-corrected chi connectivity index (χ2v) is 7.07. The first-order valence-electron chi connectivity index (χ1n) is 9.33. The summed E-state index contributed by atoms with van der Waals surface area (Å²) >= 11 is 0. The van der Waals surface area contributed by atoms with E-state index in [-0.39, 0.29) is 0 Å². The molecule has 0 aliphatic carbocycles. The van der Waals surface area contributed by atoms with E-state index in [1.54, 1.807) is 30.1 Å². The Hall–Kier alpha value is -3.49. The smallest absolute Gasteiger partial charge is 0.166 e. The number of fused-ring (bicyclic) bond motifs is 1. The van der Waals surface area contributed by atoms with Gasteiger partial charge in [-0.1, -0.05) is 12.1 Å². The van der Waals surface area contributed by atoms with Gasteiger partial charge in [0.25, 0.3) is 0 Å². The predicted molar refractivity (Wildman–Crippen MR) is 114 cm³/mol. The van der Waals surface area contributed by atoms with Crippen LogP contribution in [-0.2, 0) is 13.1 Å². The number of hydrazine groups is 1. The molecule has 4 aromatic rings. The maximum absolute atomic E-state index is 9.53. The van der Waals surface area contributed by atoms with E-state index in [2.05, 4.69) is 21.1 Å². The summed E-state index contributed by atoms with van der Waals surface area (Å²) in [5.41, 5.74) is 10.1. The van der Waals surface area contributed by atoms with Crippen molar-refractivity contribution in [3.05, 3.63) is 66.6 Å². The van der Waals surface area contributed by atoms with E-state index >= 15 is 0 Å². The Kier molecular flexibility index (Phi) is 5.11. The summed E-state index contributed by atoms with van der Waals surface area (Å²) in [5, 5.41) is 16.4. The summed E-state index contributed by atoms with van der Waals surface area (Å²) in [6.45, 7) is 2.59. The van der Waals surface area contributed by atoms with Gasteiger partial charge in [0.05, 0.1) is 42.3 Å². The van der Waals surface area contributed by atoms with Gasteiger partial charge >= 0.3 is 0 Å². The zero-order valence-electron chi connectivity index (χ0n) is 16.1. The minimum atomic E-state index is -0.477. The summed E-state index contributed by atoms with van der Waals surface area (Å²) in [5.74, 6) is 6.81. The summed E-state index contributed by atoms with van der Waals surface area (Å²) < 4.78 is 1.68. The third kappa shape index (κ3) is 4.18. The zero-order chi connectivity index (χ0) is 20.4. The number of hydrogen-bond acceptors (Lipinski definition) is 7. The number of anilines is 2. The number of benzene rings is 1. The molecule has 5 N–H and O–H groups in total. The minimum Gasteiger partial charge on any atom is -0.396 e. The molecule has 0 aliphatic rings. The second kappa shape index (κ2) is 7.86. The van der Waals surface area contributed by atoms with E-state index in [9.17, 15) is 5.11 Å². The average molecular weight is 389 g/mol. The van der Waals surface area contributed by atoms with Crippen molar-refractivity contribution in [3.8, 4) is 11.3 Å². The third-order valence-electron chi connectivity index (χ3n) is 4.58. The molecule has 29 heavy (non-hydrogen) atoms. The van der Waals surface area contributed by atoms with Crippen LogP contribution in [0.25, 0.3) is 22.2 Å². The first-order chi connectivity index (χ1) is 14.0. The van der Waals surface area contributed by atoms with Crippen molar-refractivity contribution in [2.75, 3.05) is 10.7 Å². The van der Waals surface area contributed by atoms with E-state index in [0.717, 1.165) is 22.0 Å². The van der Waals surface area contributed by atoms with Crippen molar-refractivity contribution >= 4 is 22.4 Å². The van der Waals surface area contributed by atoms with Gasteiger partial charge in [0.1, 0.15) is 0 Å². The quantitative estimate of drug-likeness (QED) is 0.342. The Morgan fingerprint density at radius 2 is 2.07 bits per heavy atom. The van der Waals surface area contributed by atoms with E-state index in [4.69, 9.17) is 11.6 Å². The highest BCUT2D eigenvalue weighted by atomic mass is 16.3. The second-order valence-electron chi connectivity index (χ2n) is 7.07. The summed E-state index contributed by atoms with van der Waals surface area (Å²) in [6.07, 6.45) is 4.85. The standard InChI is InChI=1S/C21H23N7O/c1-14(29)11-27-13-17(10-25-27)20-7-5-18(22)21(26-20)28(23)12-15-4-6-19-16(9-15)3-2-8-24-19/h2-10,13-14,29H,11-12,22-23H2,1H3. The largest absolute Gasteiger partial charge is 0.396 e. The molecule has 1 aromatic carbocycles. The van der Waals surface area contributed by atoms with Gasteiger partial charge in [-0.2, -0.15) is 5.10 Å². The number of aromatic nitrogens is 4. The van der Waals surface area contributed by atoms with Crippen LogP contribution in [0.4, 0.5) is 11.5 Å². The molecule has 4 rings (SSSR count). The molecular weight excluding hydrogens is 366 g/mol. The van der Waals surface area contributed by atoms with Crippen molar-refractivity contribution in [3.63, 3.8) is 0 Å². The Morgan fingerprint density at radius 3 is 2.90 bits per heavy atom. The lowest BCUT2D eigenvalue weighted by Gasteiger charge is -2.20. The molecule has 148 valence electrons. The maximum atomic E-state index is 9.53. The molecule has 0 saturated carbocycles. The van der Waals surface area contributed by atoms with Crippen LogP contribution in [0.1, 0.15) is 12.5 Å². The Balaban J connectivity index is 1.58. The first-order valence-corrected chi connectivity index (χ1v) is 9.33. The van der Waals surface area contributed by atoms with E-state index in [0.29, 0.717) is 30.3 Å². The monoisotopic (exact) mass is 389 g/mol. The molecule has 3 heterocycles. The molecule has 0 radical (unpaired) electrons. The number of aliphatic hydroxyl groups excluding tert-OH is 1. The molecule has 0 fully saturated rings. The molecule has 0 aliphatic heterocycles. The molecule has 8 nitrogen and oxygen atoms in total. The van der Waals surface area contributed by atoms with Crippen LogP contribution in [0.5, 0.6) is 0 Å². The van der Waals surface area contributed by atoms with Crippen LogP contribution in [0.3, 0.4) is 0 Å². The number of nitrogen functional groups attached to an aromatic ring is 1. The van der Waals surface area contributed by atoms with Gasteiger partial charge in [-0.15, -0.1) is 0 Å². The van der Waals surface area contributed by atoms with Gasteiger partial charge in [-0.05, 0) is 42.8 Å². The molecular formula is C21H23N7O. The van der Waals surface area contributed by atoms with E-state index in [1.807, 2.05) is 36.5 Å². The molecule has 0 saturated heterocycles. The lowest BCUT2D eigenvalue weighted by molar-refractivity contribution is 0.168. The topological polar surface area (TPSA) is 119 Å². The lowest BCUT2D eigenvalue weighted by atomic mass is 10.1. The minimum absolute atomic E-state index is 0.418. The lowest BCUT2D eigenvalue weighted by Crippen LogP contribution is -2.31. The van der Waals surface area contributed by atoms with Gasteiger partial charge in [-0.3, -0.25) is 14.7 Å². The molecule has 1 atom stereocenters. The molecule has 1 unspecified atom stereocenters. The van der Waals surface area contributed by atoms with E-state index < -0.39 is 6.10 Å². The van der Waals surface area contributed by atoms with Crippen LogP contribution in [0.15, 0.2) is 61.1 Å². The fraction of sp³-hybridized carbons (Fsp3) is 0.190. The first kappa shape index (κ1) is 18.9. The molecule has 0 amide bonds. The number of nitrogens with two attached hydrogens (primary N) is 2. The van der Waals surface area contributed by atoms with Crippen LogP contribution in [0, 0.1) is 0 Å². The Bertz CT molecular complexity index is 1140. The summed E-state index contributed by atoms with van der Waals surface area (Å²) in [4.78, 5) is 8.98. The van der Waals surface area contributed by atoms with Gasteiger partial charge < -0.3 is 10.8 Å². The summed E-state index contributed by atoms with van der Waals surface area (Å²) in [7, 11) is 0. The van der Waals surface area contributed by atoms with Gasteiger partial charge in [-0.25, -0.2) is 10.8 Å². The number of hydrogen-bond donors (Lipinski definition) is 3. The number of aliphatic hydroxyl groups is 1. The van der Waals surface area contributed by atoms with Crippen LogP contribution < -0.4 is 16.6 Å². The van der Waals surface area contributed by atoms with Crippen molar-refractivity contribution < 1.29 is 5.11 Å². The highest BCUT2D eigenvalue weighted by Crippen LogP contribution is 2.26. The average Bonchev–Trinajstić information content (AvgIpc) is 3.16. The van der Waals surface area contributed by atoms with Crippen LogP contribution in [0.2, 0.25) is 0 Å². The molecule has 0 bridgehead atoms. The molecule has 8 heteroatoms. The normalized spacial score (nSPS) is 12.2. The van der Waals surface area contributed by atoms with Crippen molar-refractivity contribution in [2.24, 2.45) is 5.84 Å². The van der Waals surface area contributed by atoms with Crippen molar-refractivity contribution in [2.45, 2.75) is 26.1 Å². The predicted octanol–water partition coefficient (Wildman–Crippen LogP) is 2.34. The number of nitrogens with zero attached hydrogens (tertiary/aromatic N) is 5. The highest BCUT2D eigenvalue weighted by molar-refractivity contribution is 5.79. The number of pyridine rings is 2. The fourth-order valence-electron chi connectivity index (χ4n) is 3.21. The number of rotatable bonds is 6. The maximum Gasteiger partial charge on any atom is 0.166 e. The Labute approximate surface area is 168 Å².